The third-order valence-corrected chi connectivity index (χ3v) is 1.57. The molecule has 0 aliphatic rings. The van der Waals surface area contributed by atoms with Crippen LogP contribution in [0.5, 0.6) is 11.5 Å². The van der Waals surface area contributed by atoms with E-state index in [-0.39, 0.29) is 20.3 Å². The number of hydrogen-bond acceptors (Lipinski definition) is 4. The Bertz CT molecular complexity index is 379. The predicted molar refractivity (Wildman–Crippen MR) is 44.8 cm³/mol. The second-order valence-electron chi connectivity index (χ2n) is 2.50. The van der Waals surface area contributed by atoms with E-state index in [4.69, 9.17) is 20.4 Å². The van der Waals surface area contributed by atoms with E-state index >= 15 is 0 Å². The van der Waals surface area contributed by atoms with Crippen molar-refractivity contribution in [3.05, 3.63) is 23.3 Å². The van der Waals surface area contributed by atoms with Crippen LogP contribution >= 0.6 is 0 Å². The maximum atomic E-state index is 10.4. The van der Waals surface area contributed by atoms with Crippen molar-refractivity contribution in [1.82, 2.24) is 0 Å². The van der Waals surface area contributed by atoms with Crippen LogP contribution in [0.15, 0.2) is 12.1 Å². The molecule has 7 heteroatoms. The van der Waals surface area contributed by atoms with Gasteiger partial charge in [0.1, 0.15) is 22.6 Å². The average Bonchev–Trinajstić information content (AvgIpc) is 2.07. The molecule has 0 fully saturated rings. The van der Waals surface area contributed by atoms with Crippen LogP contribution in [-0.2, 0) is 0 Å². The van der Waals surface area contributed by atoms with Crippen molar-refractivity contribution < 1.29 is 50.3 Å². The van der Waals surface area contributed by atoms with Crippen molar-refractivity contribution in [2.45, 2.75) is 0 Å². The first-order valence-corrected chi connectivity index (χ1v) is 3.46. The molecule has 4 N–H and O–H groups in total. The first-order valence-electron chi connectivity index (χ1n) is 3.46. The zero-order valence-electron chi connectivity index (χ0n) is 8.76. The topological polar surface area (TPSA) is 115 Å². The predicted octanol–water partition coefficient (Wildman–Crippen LogP) is -2.39. The van der Waals surface area contributed by atoms with E-state index in [1.54, 1.807) is 0 Å². The molecule has 0 radical (unpaired) electrons. The van der Waals surface area contributed by atoms with Crippen molar-refractivity contribution in [2.24, 2.45) is 0 Å². The van der Waals surface area contributed by atoms with Gasteiger partial charge >= 0.3 is 30.8 Å². The Morgan fingerprint density at radius 1 is 0.933 bits per heavy atom. The Hall–Kier alpha value is -1.64. The van der Waals surface area contributed by atoms with Gasteiger partial charge in [-0.05, 0) is 12.1 Å². The summed E-state index contributed by atoms with van der Waals surface area (Å²) >= 11 is 0. The van der Waals surface area contributed by atoms with Gasteiger partial charge in [0.2, 0.25) is 0 Å². The summed E-state index contributed by atoms with van der Waals surface area (Å²) in [4.78, 5) is 20.9. The molecule has 0 saturated heterocycles. The smallest absolute Gasteiger partial charge is 1.00 e. The monoisotopic (exact) mass is 206 g/mol. The molecular weight excluding hydrogens is 199 g/mol. The molecule has 1 aromatic carbocycles. The number of carboxylic acids is 2. The van der Waals surface area contributed by atoms with Gasteiger partial charge in [0.25, 0.3) is 0 Å². The van der Waals surface area contributed by atoms with Crippen LogP contribution in [0, 0.1) is 0 Å². The molecule has 0 atom stereocenters. The number of rotatable bonds is 2. The minimum atomic E-state index is -1.45. The number of aromatic hydroxyl groups is 2. The first kappa shape index (κ1) is 13.4. The number of phenols is 2. The third kappa shape index (κ3) is 2.65. The van der Waals surface area contributed by atoms with Crippen LogP contribution in [-0.4, -0.2) is 32.4 Å². The number of benzene rings is 1. The normalized spacial score (nSPS) is 9.07. The van der Waals surface area contributed by atoms with Crippen LogP contribution in [0.3, 0.4) is 0 Å². The molecule has 0 bridgehead atoms. The molecule has 0 aliphatic carbocycles. The molecule has 6 nitrogen and oxygen atoms in total. The fourth-order valence-corrected chi connectivity index (χ4v) is 0.919. The van der Waals surface area contributed by atoms with Gasteiger partial charge in [0, 0.05) is 0 Å². The van der Waals surface area contributed by atoms with Crippen LogP contribution in [0.4, 0.5) is 0 Å². The summed E-state index contributed by atoms with van der Waals surface area (Å²) in [6.07, 6.45) is 0. The van der Waals surface area contributed by atoms with Gasteiger partial charge in [-0.15, -0.1) is 0 Å². The zero-order chi connectivity index (χ0) is 10.9. The summed E-state index contributed by atoms with van der Waals surface area (Å²) < 4.78 is 0. The fourth-order valence-electron chi connectivity index (χ4n) is 0.919. The van der Waals surface area contributed by atoms with Gasteiger partial charge < -0.3 is 21.9 Å². The van der Waals surface area contributed by atoms with Crippen molar-refractivity contribution in [3.63, 3.8) is 0 Å². The summed E-state index contributed by atoms with van der Waals surface area (Å²) in [6, 6.07) is 1.36. The summed E-state index contributed by atoms with van der Waals surface area (Å²) in [5.41, 5.74) is -1.10. The van der Waals surface area contributed by atoms with Gasteiger partial charge in [-0.1, -0.05) is 0 Å². The van der Waals surface area contributed by atoms with E-state index in [0.717, 1.165) is 0 Å². The Labute approximate surface area is 97.4 Å². The average molecular weight is 206 g/mol. The van der Waals surface area contributed by atoms with E-state index in [2.05, 4.69) is 0 Å². The summed E-state index contributed by atoms with van der Waals surface area (Å²) in [5.74, 6) is -4.30. The van der Waals surface area contributed by atoms with Crippen LogP contribution < -0.4 is 18.9 Å². The molecular formula is C8H7LiO6. The molecule has 1 rings (SSSR count). The van der Waals surface area contributed by atoms with E-state index in [1.807, 2.05) is 0 Å². The van der Waals surface area contributed by atoms with Crippen molar-refractivity contribution >= 4 is 11.9 Å². The standard InChI is InChI=1S/C8H6O6.Li.H/c9-5-1-3(7(11)12)6(10)2-4(5)8(13)14;;/h1-2,9-10H,(H,11,12)(H,13,14);;/q;+1;-1. The number of hydrogen-bond donors (Lipinski definition) is 4. The minimum absolute atomic E-state index is 0. The van der Waals surface area contributed by atoms with Gasteiger partial charge in [0.05, 0.1) is 0 Å². The Balaban J connectivity index is 0. The largest absolute Gasteiger partial charge is 1.00 e. The molecule has 0 heterocycles. The van der Waals surface area contributed by atoms with Gasteiger partial charge in [-0.25, -0.2) is 9.59 Å². The molecule has 0 unspecified atom stereocenters. The summed E-state index contributed by atoms with van der Waals surface area (Å²) in [6.45, 7) is 0. The Kier molecular flexibility index (Phi) is 4.21. The quantitative estimate of drug-likeness (QED) is 0.317. The van der Waals surface area contributed by atoms with Crippen LogP contribution in [0.1, 0.15) is 22.1 Å². The third-order valence-electron chi connectivity index (χ3n) is 1.57. The summed E-state index contributed by atoms with van der Waals surface area (Å²) in [5, 5.41) is 35.2. The first-order chi connectivity index (χ1) is 6.43. The van der Waals surface area contributed by atoms with Gasteiger partial charge in [-0.3, -0.25) is 0 Å². The number of carbonyl (C=O) groups is 2. The van der Waals surface area contributed by atoms with E-state index in [1.165, 1.54) is 0 Å². The molecule has 0 amide bonds. The number of carboxylic acid groups (broad SMARTS) is 2. The van der Waals surface area contributed by atoms with Gasteiger partial charge in [0.15, 0.2) is 0 Å². The molecule has 15 heavy (non-hydrogen) atoms. The second-order valence-corrected chi connectivity index (χ2v) is 2.50. The van der Waals surface area contributed by atoms with Gasteiger partial charge in [-0.2, -0.15) is 0 Å². The second kappa shape index (κ2) is 4.73. The van der Waals surface area contributed by atoms with Crippen LogP contribution in [0.2, 0.25) is 0 Å². The van der Waals surface area contributed by atoms with Crippen molar-refractivity contribution in [3.8, 4) is 11.5 Å². The molecule has 0 aromatic heterocycles. The van der Waals surface area contributed by atoms with Crippen molar-refractivity contribution in [2.75, 3.05) is 0 Å². The van der Waals surface area contributed by atoms with E-state index < -0.39 is 34.6 Å². The SMILES string of the molecule is O=C(O)c1cc(O)c(C(=O)O)cc1O.[H-].[Li+]. The zero-order valence-corrected chi connectivity index (χ0v) is 7.76. The Morgan fingerprint density at radius 3 is 1.40 bits per heavy atom. The van der Waals surface area contributed by atoms with E-state index in [9.17, 15) is 9.59 Å². The molecule has 76 valence electrons. The van der Waals surface area contributed by atoms with Crippen molar-refractivity contribution in [1.29, 1.82) is 0 Å². The molecule has 0 spiro atoms. The minimum Gasteiger partial charge on any atom is -1.00 e. The molecule has 0 saturated carbocycles. The fraction of sp³-hybridized carbons (Fsp3) is 0. The maximum Gasteiger partial charge on any atom is 1.00 e. The number of aromatic carboxylic acids is 2. The van der Waals surface area contributed by atoms with Crippen LogP contribution in [0.25, 0.3) is 0 Å². The Morgan fingerprint density at radius 2 is 1.20 bits per heavy atom. The summed E-state index contributed by atoms with van der Waals surface area (Å²) in [7, 11) is 0. The molecule has 1 aromatic rings. The van der Waals surface area contributed by atoms with E-state index in [0.29, 0.717) is 12.1 Å². The maximum absolute atomic E-state index is 10.4. The molecule has 0 aliphatic heterocycles.